The fourth-order valence-corrected chi connectivity index (χ4v) is 3.50. The van der Waals surface area contributed by atoms with E-state index in [1.807, 2.05) is 0 Å². The van der Waals surface area contributed by atoms with Gasteiger partial charge in [-0.05, 0) is 56.3 Å². The number of benzene rings is 3. The molecule has 0 aliphatic rings. The first-order valence-electron chi connectivity index (χ1n) is 9.26. The zero-order chi connectivity index (χ0) is 19.0. The molecule has 0 bridgehead atoms. The van der Waals surface area contributed by atoms with Gasteiger partial charge in [0.25, 0.3) is 0 Å². The molecule has 3 nitrogen and oxygen atoms in total. The summed E-state index contributed by atoms with van der Waals surface area (Å²) >= 11 is 0. The molecule has 0 unspecified atom stereocenters. The largest absolute Gasteiger partial charge is 0.319 e. The maximum absolute atomic E-state index is 2.33. The predicted molar refractivity (Wildman–Crippen MR) is 116 cm³/mol. The van der Waals surface area contributed by atoms with Gasteiger partial charge in [-0.2, -0.15) is 0 Å². The maximum atomic E-state index is 2.33. The molecule has 0 aliphatic carbocycles. The lowest BCUT2D eigenvalue weighted by Gasteiger charge is -2.27. The first kappa shape index (κ1) is 17.2. The van der Waals surface area contributed by atoms with Crippen molar-refractivity contribution in [3.8, 4) is 0 Å². The third-order valence-corrected chi connectivity index (χ3v) is 4.95. The molecule has 27 heavy (non-hydrogen) atoms. The van der Waals surface area contributed by atoms with Crippen molar-refractivity contribution in [1.29, 1.82) is 0 Å². The van der Waals surface area contributed by atoms with Gasteiger partial charge in [0.1, 0.15) is 0 Å². The second-order valence-electron chi connectivity index (χ2n) is 7.22. The molecule has 3 aromatic carbocycles. The van der Waals surface area contributed by atoms with Crippen LogP contribution in [0.1, 0.15) is 11.1 Å². The van der Waals surface area contributed by atoms with Gasteiger partial charge in [0, 0.05) is 37.1 Å². The third-order valence-electron chi connectivity index (χ3n) is 4.95. The van der Waals surface area contributed by atoms with Crippen LogP contribution in [0.2, 0.25) is 0 Å². The Balaban J connectivity index is 1.95. The normalized spacial score (nSPS) is 11.0. The van der Waals surface area contributed by atoms with Crippen molar-refractivity contribution in [3.05, 3.63) is 90.1 Å². The fraction of sp³-hybridized carbons (Fsp3) is 0.167. The van der Waals surface area contributed by atoms with Crippen LogP contribution in [-0.2, 0) is 0 Å². The van der Waals surface area contributed by atoms with Crippen molar-refractivity contribution in [2.24, 2.45) is 0 Å². The van der Waals surface area contributed by atoms with E-state index in [1.54, 1.807) is 0 Å². The molecule has 1 heterocycles. The van der Waals surface area contributed by atoms with E-state index >= 15 is 0 Å². The molecule has 0 saturated heterocycles. The van der Waals surface area contributed by atoms with Crippen LogP contribution in [0, 0.1) is 13.8 Å². The van der Waals surface area contributed by atoms with Gasteiger partial charge in [-0.15, -0.1) is 0 Å². The molecule has 0 atom stereocenters. The van der Waals surface area contributed by atoms with Crippen LogP contribution in [0.25, 0.3) is 10.9 Å². The number of fused-ring (bicyclic) bond motifs is 1. The molecular weight excluding hydrogens is 330 g/mol. The molecule has 0 radical (unpaired) electrons. The highest BCUT2D eigenvalue weighted by Gasteiger charge is 2.16. The maximum Gasteiger partial charge on any atom is 0.0715 e. The average molecular weight is 355 g/mol. The standard InChI is InChI=1S/C24H25N3/c1-18-8-12-20(13-9-18)27(21-14-10-19(2)11-15-21)24-7-5-6-23-22(24)16-17-26(23)25(3)4/h5-17H,1-4H3. The molecule has 0 aliphatic heterocycles. The van der Waals surface area contributed by atoms with Gasteiger partial charge >= 0.3 is 0 Å². The molecular formula is C24H25N3. The highest BCUT2D eigenvalue weighted by Crippen LogP contribution is 2.39. The first-order chi connectivity index (χ1) is 13.0. The Labute approximate surface area is 161 Å². The summed E-state index contributed by atoms with van der Waals surface area (Å²) in [5, 5.41) is 3.32. The fourth-order valence-electron chi connectivity index (χ4n) is 3.50. The Morgan fingerprint density at radius 3 is 1.74 bits per heavy atom. The number of anilines is 3. The Bertz CT molecular complexity index is 1010. The molecule has 1 aromatic heterocycles. The van der Waals surface area contributed by atoms with Crippen LogP contribution in [0.15, 0.2) is 79.0 Å². The minimum Gasteiger partial charge on any atom is -0.319 e. The van der Waals surface area contributed by atoms with E-state index in [2.05, 4.69) is 122 Å². The lowest BCUT2D eigenvalue weighted by molar-refractivity contribution is 0.762. The van der Waals surface area contributed by atoms with Crippen molar-refractivity contribution < 1.29 is 0 Å². The number of nitrogens with zero attached hydrogens (tertiary/aromatic N) is 3. The van der Waals surface area contributed by atoms with Crippen molar-refractivity contribution in [2.75, 3.05) is 24.0 Å². The Hall–Kier alpha value is -3.20. The van der Waals surface area contributed by atoms with Gasteiger partial charge in [-0.1, -0.05) is 41.5 Å². The van der Waals surface area contributed by atoms with Crippen LogP contribution >= 0.6 is 0 Å². The molecule has 4 rings (SSSR count). The quantitative estimate of drug-likeness (QED) is 0.450. The highest BCUT2D eigenvalue weighted by atomic mass is 15.5. The average Bonchev–Trinajstić information content (AvgIpc) is 3.10. The lowest BCUT2D eigenvalue weighted by atomic mass is 10.1. The molecule has 136 valence electrons. The smallest absolute Gasteiger partial charge is 0.0715 e. The molecule has 4 aromatic rings. The van der Waals surface area contributed by atoms with Gasteiger partial charge in [0.2, 0.25) is 0 Å². The zero-order valence-corrected chi connectivity index (χ0v) is 16.3. The number of hydrogen-bond acceptors (Lipinski definition) is 2. The van der Waals surface area contributed by atoms with Crippen molar-refractivity contribution in [1.82, 2.24) is 4.68 Å². The summed E-state index contributed by atoms with van der Waals surface area (Å²) in [6, 6.07) is 26.1. The monoisotopic (exact) mass is 355 g/mol. The van der Waals surface area contributed by atoms with E-state index in [4.69, 9.17) is 0 Å². The summed E-state index contributed by atoms with van der Waals surface area (Å²) in [5.74, 6) is 0. The van der Waals surface area contributed by atoms with Crippen molar-refractivity contribution in [2.45, 2.75) is 13.8 Å². The first-order valence-corrected chi connectivity index (χ1v) is 9.26. The van der Waals surface area contributed by atoms with Crippen molar-refractivity contribution >= 4 is 28.0 Å². The number of aryl methyl sites for hydroxylation is 2. The highest BCUT2D eigenvalue weighted by molar-refractivity contribution is 5.98. The molecule has 3 heteroatoms. The summed E-state index contributed by atoms with van der Waals surface area (Å²) in [6.45, 7) is 4.25. The Morgan fingerprint density at radius 2 is 1.22 bits per heavy atom. The predicted octanol–water partition coefficient (Wildman–Crippen LogP) is 5.93. The van der Waals surface area contributed by atoms with Gasteiger partial charge < -0.3 is 9.91 Å². The summed E-state index contributed by atoms with van der Waals surface area (Å²) in [5.41, 5.74) is 7.23. The van der Waals surface area contributed by atoms with Crippen LogP contribution in [0.3, 0.4) is 0 Å². The van der Waals surface area contributed by atoms with E-state index in [1.165, 1.54) is 27.7 Å². The summed E-state index contributed by atoms with van der Waals surface area (Å²) in [7, 11) is 4.12. The van der Waals surface area contributed by atoms with Gasteiger partial charge in [-0.3, -0.25) is 4.68 Å². The molecule has 0 saturated carbocycles. The van der Waals surface area contributed by atoms with Crippen molar-refractivity contribution in [3.63, 3.8) is 0 Å². The van der Waals surface area contributed by atoms with Gasteiger partial charge in [0.15, 0.2) is 0 Å². The second kappa shape index (κ2) is 6.84. The number of aromatic nitrogens is 1. The Kier molecular flexibility index (Phi) is 4.36. The lowest BCUT2D eigenvalue weighted by Crippen LogP contribution is -2.23. The van der Waals surface area contributed by atoms with Gasteiger partial charge in [-0.25, -0.2) is 0 Å². The Morgan fingerprint density at radius 1 is 0.667 bits per heavy atom. The topological polar surface area (TPSA) is 11.4 Å². The number of rotatable bonds is 4. The summed E-state index contributed by atoms with van der Waals surface area (Å²) < 4.78 is 2.17. The molecule has 0 spiro atoms. The van der Waals surface area contributed by atoms with Crippen LogP contribution in [0.4, 0.5) is 17.1 Å². The number of hydrogen-bond donors (Lipinski definition) is 0. The van der Waals surface area contributed by atoms with E-state index in [0.717, 1.165) is 11.4 Å². The van der Waals surface area contributed by atoms with Crippen LogP contribution < -0.4 is 9.91 Å². The second-order valence-corrected chi connectivity index (χ2v) is 7.22. The SMILES string of the molecule is Cc1ccc(N(c2ccc(C)cc2)c2cccc3c2ccn3N(C)C)cc1. The molecule has 0 N–H and O–H groups in total. The minimum atomic E-state index is 1.16. The zero-order valence-electron chi connectivity index (χ0n) is 16.3. The summed E-state index contributed by atoms with van der Waals surface area (Å²) in [6.07, 6.45) is 2.12. The van der Waals surface area contributed by atoms with E-state index in [-0.39, 0.29) is 0 Å². The summed E-state index contributed by atoms with van der Waals surface area (Å²) in [4.78, 5) is 2.33. The minimum absolute atomic E-state index is 1.16. The van der Waals surface area contributed by atoms with Crippen LogP contribution in [0.5, 0.6) is 0 Å². The van der Waals surface area contributed by atoms with E-state index < -0.39 is 0 Å². The third kappa shape index (κ3) is 3.17. The molecule has 0 amide bonds. The van der Waals surface area contributed by atoms with E-state index in [0.29, 0.717) is 0 Å². The van der Waals surface area contributed by atoms with Gasteiger partial charge in [0.05, 0.1) is 11.2 Å². The molecule has 0 fully saturated rings. The van der Waals surface area contributed by atoms with Crippen LogP contribution in [-0.4, -0.2) is 18.8 Å². The van der Waals surface area contributed by atoms with E-state index in [9.17, 15) is 0 Å².